The number of urea groups is 1. The van der Waals surface area contributed by atoms with Gasteiger partial charge in [0.2, 0.25) is 5.91 Å². The number of carbonyl (C=O) groups is 3. The van der Waals surface area contributed by atoms with E-state index >= 15 is 0 Å². The van der Waals surface area contributed by atoms with Gasteiger partial charge in [-0.05, 0) is 43.2 Å². The highest BCUT2D eigenvalue weighted by atomic mass is 16.4. The summed E-state index contributed by atoms with van der Waals surface area (Å²) in [5.41, 5.74) is 2.09. The minimum absolute atomic E-state index is 0.0426. The Balaban J connectivity index is 1.39. The van der Waals surface area contributed by atoms with Crippen LogP contribution in [0.5, 0.6) is 0 Å². The molecule has 1 aliphatic heterocycles. The first-order valence-electron chi connectivity index (χ1n) is 9.64. The number of carboxylic acids is 1. The average molecular weight is 373 g/mol. The molecule has 0 aromatic heterocycles. The Kier molecular flexibility index (Phi) is 6.32. The van der Waals surface area contributed by atoms with Gasteiger partial charge in [0, 0.05) is 32.1 Å². The number of amides is 3. The summed E-state index contributed by atoms with van der Waals surface area (Å²) in [5, 5.41) is 14.8. The highest BCUT2D eigenvalue weighted by Gasteiger charge is 2.26. The molecule has 1 aromatic carbocycles. The SMILES string of the molecule is O=C(NCc1ccc(CN2CCCC2=O)cc1)NC1CCC(C(=O)O)CC1. The molecule has 0 atom stereocenters. The van der Waals surface area contributed by atoms with Crippen molar-refractivity contribution in [3.63, 3.8) is 0 Å². The van der Waals surface area contributed by atoms with Crippen LogP contribution in [-0.4, -0.2) is 40.5 Å². The number of nitrogens with one attached hydrogen (secondary N) is 2. The second-order valence-corrected chi connectivity index (χ2v) is 7.45. The molecule has 3 amide bonds. The molecule has 2 fully saturated rings. The first-order valence-corrected chi connectivity index (χ1v) is 9.64. The van der Waals surface area contributed by atoms with Gasteiger partial charge in [-0.15, -0.1) is 0 Å². The number of carbonyl (C=O) groups excluding carboxylic acids is 2. The van der Waals surface area contributed by atoms with Crippen molar-refractivity contribution in [3.8, 4) is 0 Å². The van der Waals surface area contributed by atoms with Gasteiger partial charge in [0.25, 0.3) is 0 Å². The predicted octanol–water partition coefficient (Wildman–Crippen LogP) is 2.25. The number of nitrogens with zero attached hydrogens (tertiary/aromatic N) is 1. The summed E-state index contributed by atoms with van der Waals surface area (Å²) in [6.07, 6.45) is 4.22. The summed E-state index contributed by atoms with van der Waals surface area (Å²) in [4.78, 5) is 36.6. The lowest BCUT2D eigenvalue weighted by molar-refractivity contribution is -0.142. The molecule has 0 radical (unpaired) electrons. The van der Waals surface area contributed by atoms with Crippen molar-refractivity contribution in [2.75, 3.05) is 6.54 Å². The largest absolute Gasteiger partial charge is 0.481 e. The zero-order valence-corrected chi connectivity index (χ0v) is 15.4. The number of benzene rings is 1. The molecule has 27 heavy (non-hydrogen) atoms. The van der Waals surface area contributed by atoms with E-state index < -0.39 is 5.97 Å². The van der Waals surface area contributed by atoms with Crippen LogP contribution in [-0.2, 0) is 22.7 Å². The second kappa shape index (κ2) is 8.88. The first kappa shape index (κ1) is 19.2. The highest BCUT2D eigenvalue weighted by molar-refractivity contribution is 5.78. The molecule has 1 heterocycles. The molecule has 0 spiro atoms. The molecule has 2 aliphatic rings. The Morgan fingerprint density at radius 1 is 1.07 bits per heavy atom. The molecule has 3 N–H and O–H groups in total. The maximum Gasteiger partial charge on any atom is 0.315 e. The van der Waals surface area contributed by atoms with Gasteiger partial charge in [-0.25, -0.2) is 4.79 Å². The predicted molar refractivity (Wildman–Crippen MR) is 99.8 cm³/mol. The lowest BCUT2D eigenvalue weighted by atomic mass is 9.86. The number of hydrogen-bond acceptors (Lipinski definition) is 3. The Labute approximate surface area is 159 Å². The third-order valence-electron chi connectivity index (χ3n) is 5.43. The van der Waals surface area contributed by atoms with Crippen LogP contribution in [0.3, 0.4) is 0 Å². The monoisotopic (exact) mass is 373 g/mol. The Bertz CT molecular complexity index is 681. The van der Waals surface area contributed by atoms with E-state index in [-0.39, 0.29) is 23.9 Å². The van der Waals surface area contributed by atoms with E-state index in [1.54, 1.807) is 0 Å². The number of rotatable bonds is 6. The van der Waals surface area contributed by atoms with Crippen molar-refractivity contribution < 1.29 is 19.5 Å². The summed E-state index contributed by atoms with van der Waals surface area (Å²) in [6.45, 7) is 1.90. The van der Waals surface area contributed by atoms with Crippen LogP contribution < -0.4 is 10.6 Å². The van der Waals surface area contributed by atoms with Crippen molar-refractivity contribution in [2.24, 2.45) is 5.92 Å². The summed E-state index contributed by atoms with van der Waals surface area (Å²) in [5.74, 6) is -0.800. The van der Waals surface area contributed by atoms with Gasteiger partial charge >= 0.3 is 12.0 Å². The van der Waals surface area contributed by atoms with Crippen LogP contribution >= 0.6 is 0 Å². The van der Waals surface area contributed by atoms with Gasteiger partial charge in [-0.1, -0.05) is 24.3 Å². The van der Waals surface area contributed by atoms with E-state index in [0.29, 0.717) is 45.2 Å². The van der Waals surface area contributed by atoms with Crippen molar-refractivity contribution >= 4 is 17.9 Å². The van der Waals surface area contributed by atoms with Crippen LogP contribution in [0.1, 0.15) is 49.7 Å². The fourth-order valence-electron chi connectivity index (χ4n) is 3.76. The zero-order chi connectivity index (χ0) is 19.2. The van der Waals surface area contributed by atoms with Crippen molar-refractivity contribution in [1.82, 2.24) is 15.5 Å². The molecule has 0 bridgehead atoms. The van der Waals surface area contributed by atoms with E-state index in [4.69, 9.17) is 5.11 Å². The number of likely N-dealkylation sites (tertiary alicyclic amines) is 1. The smallest absolute Gasteiger partial charge is 0.315 e. The van der Waals surface area contributed by atoms with Gasteiger partial charge in [-0.3, -0.25) is 9.59 Å². The first-order chi connectivity index (χ1) is 13.0. The van der Waals surface area contributed by atoms with Crippen molar-refractivity contribution in [1.29, 1.82) is 0 Å². The number of hydrogen-bond donors (Lipinski definition) is 3. The van der Waals surface area contributed by atoms with Gasteiger partial charge in [0.1, 0.15) is 0 Å². The van der Waals surface area contributed by atoms with Crippen LogP contribution in [0.25, 0.3) is 0 Å². The van der Waals surface area contributed by atoms with E-state index in [2.05, 4.69) is 10.6 Å². The number of aliphatic carboxylic acids is 1. The quantitative estimate of drug-likeness (QED) is 0.712. The van der Waals surface area contributed by atoms with Gasteiger partial charge in [0.15, 0.2) is 0 Å². The Hall–Kier alpha value is -2.57. The van der Waals surface area contributed by atoms with Gasteiger partial charge in [-0.2, -0.15) is 0 Å². The topological polar surface area (TPSA) is 98.7 Å². The van der Waals surface area contributed by atoms with Crippen molar-refractivity contribution in [3.05, 3.63) is 35.4 Å². The molecule has 0 unspecified atom stereocenters. The van der Waals surface area contributed by atoms with Crippen LogP contribution in [0.2, 0.25) is 0 Å². The van der Waals surface area contributed by atoms with Crippen molar-refractivity contribution in [2.45, 2.75) is 57.7 Å². The molecular weight excluding hydrogens is 346 g/mol. The van der Waals surface area contributed by atoms with E-state index in [9.17, 15) is 14.4 Å². The fourth-order valence-corrected chi connectivity index (χ4v) is 3.76. The molecule has 1 saturated heterocycles. The van der Waals surface area contributed by atoms with Crippen LogP contribution in [0.4, 0.5) is 4.79 Å². The molecule has 7 nitrogen and oxygen atoms in total. The van der Waals surface area contributed by atoms with Crippen LogP contribution in [0.15, 0.2) is 24.3 Å². The molecule has 1 saturated carbocycles. The normalized spacial score (nSPS) is 22.5. The second-order valence-electron chi connectivity index (χ2n) is 7.45. The third kappa shape index (κ3) is 5.45. The van der Waals surface area contributed by atoms with Gasteiger partial charge < -0.3 is 20.6 Å². The maximum atomic E-state index is 12.1. The van der Waals surface area contributed by atoms with E-state index in [1.807, 2.05) is 29.2 Å². The Morgan fingerprint density at radius 2 is 1.74 bits per heavy atom. The average Bonchev–Trinajstić information content (AvgIpc) is 3.06. The minimum atomic E-state index is -0.740. The summed E-state index contributed by atoms with van der Waals surface area (Å²) < 4.78 is 0. The molecular formula is C20H27N3O4. The Morgan fingerprint density at radius 3 is 2.33 bits per heavy atom. The summed E-state index contributed by atoms with van der Waals surface area (Å²) in [7, 11) is 0. The third-order valence-corrected chi connectivity index (χ3v) is 5.43. The summed E-state index contributed by atoms with van der Waals surface area (Å²) >= 11 is 0. The van der Waals surface area contributed by atoms with E-state index in [0.717, 1.165) is 24.1 Å². The molecule has 7 heteroatoms. The fraction of sp³-hybridized carbons (Fsp3) is 0.550. The maximum absolute atomic E-state index is 12.1. The molecule has 1 aromatic rings. The standard InChI is InChI=1S/C20H27N3O4/c24-18-2-1-11-23(18)13-15-5-3-14(4-6-15)12-21-20(27)22-17-9-7-16(8-10-17)19(25)26/h3-6,16-17H,1-2,7-13H2,(H,25,26)(H2,21,22,27). The molecule has 146 valence electrons. The summed E-state index contributed by atoms with van der Waals surface area (Å²) in [6, 6.07) is 7.74. The molecule has 1 aliphatic carbocycles. The zero-order valence-electron chi connectivity index (χ0n) is 15.4. The lowest BCUT2D eigenvalue weighted by Crippen LogP contribution is -2.43. The highest BCUT2D eigenvalue weighted by Crippen LogP contribution is 2.24. The number of carboxylic acid groups (broad SMARTS) is 1. The van der Waals surface area contributed by atoms with Crippen LogP contribution in [0, 0.1) is 5.92 Å². The van der Waals surface area contributed by atoms with E-state index in [1.165, 1.54) is 0 Å². The van der Waals surface area contributed by atoms with Gasteiger partial charge in [0.05, 0.1) is 5.92 Å². The molecule has 3 rings (SSSR count). The minimum Gasteiger partial charge on any atom is -0.481 e. The lowest BCUT2D eigenvalue weighted by Gasteiger charge is -2.26.